The second kappa shape index (κ2) is 10.1. The number of aliphatic hydroxyl groups excluding tert-OH is 1. The summed E-state index contributed by atoms with van der Waals surface area (Å²) in [5, 5.41) is 26.5. The van der Waals surface area contributed by atoms with Gasteiger partial charge in [0.15, 0.2) is 6.10 Å². The molecule has 1 saturated carbocycles. The zero-order valence-electron chi connectivity index (χ0n) is 18.6. The summed E-state index contributed by atoms with van der Waals surface area (Å²) in [5.74, 6) is -0.495. The van der Waals surface area contributed by atoms with Gasteiger partial charge in [0.05, 0.1) is 17.8 Å². The zero-order valence-corrected chi connectivity index (χ0v) is 18.6. The van der Waals surface area contributed by atoms with Gasteiger partial charge in [0.1, 0.15) is 6.20 Å². The van der Waals surface area contributed by atoms with E-state index < -0.39 is 41.6 Å². The van der Waals surface area contributed by atoms with E-state index in [-0.39, 0.29) is 22.4 Å². The van der Waals surface area contributed by atoms with Gasteiger partial charge in [0.25, 0.3) is 11.5 Å². The summed E-state index contributed by atoms with van der Waals surface area (Å²) in [6.07, 6.45) is -2.32. The lowest BCUT2D eigenvalue weighted by Crippen LogP contribution is -2.45. The van der Waals surface area contributed by atoms with Crippen molar-refractivity contribution in [2.24, 2.45) is 0 Å². The van der Waals surface area contributed by atoms with Crippen molar-refractivity contribution in [3.05, 3.63) is 56.4 Å². The van der Waals surface area contributed by atoms with Crippen molar-refractivity contribution in [1.82, 2.24) is 19.7 Å². The van der Waals surface area contributed by atoms with E-state index >= 15 is 0 Å². The Bertz CT molecular complexity index is 1150. The maximum Gasteiger partial charge on any atom is 0.416 e. The predicted molar refractivity (Wildman–Crippen MR) is 116 cm³/mol. The van der Waals surface area contributed by atoms with E-state index in [9.17, 15) is 37.8 Å². The van der Waals surface area contributed by atoms with Crippen LogP contribution < -0.4 is 16.6 Å². The van der Waals surface area contributed by atoms with E-state index in [0.717, 1.165) is 25.7 Å². The van der Waals surface area contributed by atoms with Crippen molar-refractivity contribution in [3.8, 4) is 5.69 Å². The number of hydrogen-bond acceptors (Lipinski definition) is 6. The maximum absolute atomic E-state index is 12.8. The van der Waals surface area contributed by atoms with Gasteiger partial charge in [0.2, 0.25) is 0 Å². The number of aliphatic hydroxyl groups is 2. The van der Waals surface area contributed by atoms with Crippen molar-refractivity contribution in [3.63, 3.8) is 0 Å². The molecule has 9 nitrogen and oxygen atoms in total. The van der Waals surface area contributed by atoms with Crippen LogP contribution >= 0.6 is 0 Å². The third kappa shape index (κ3) is 5.92. The third-order valence-electron chi connectivity index (χ3n) is 6.02. The van der Waals surface area contributed by atoms with Gasteiger partial charge in [-0.3, -0.25) is 14.2 Å². The van der Waals surface area contributed by atoms with Crippen molar-refractivity contribution >= 4 is 5.91 Å². The van der Waals surface area contributed by atoms with Gasteiger partial charge in [-0.2, -0.15) is 23.0 Å². The number of aryl methyl sites for hydroxylation is 1. The summed E-state index contributed by atoms with van der Waals surface area (Å²) in [6, 6.07) is 4.28. The SMILES string of the molecule is Cc1ccc(-n2ncc(=O)n(CC(O)C(F)(F)F)c2=O)cc1C(=O)NCC1(O)CCCCCC1. The van der Waals surface area contributed by atoms with E-state index in [4.69, 9.17) is 0 Å². The molecule has 1 amide bonds. The van der Waals surface area contributed by atoms with E-state index in [0.29, 0.717) is 29.3 Å². The van der Waals surface area contributed by atoms with Crippen LogP contribution in [0.4, 0.5) is 13.2 Å². The van der Waals surface area contributed by atoms with E-state index in [1.807, 2.05) is 0 Å². The number of nitrogens with one attached hydrogen (secondary N) is 1. The minimum absolute atomic E-state index is 0.0455. The second-order valence-electron chi connectivity index (χ2n) is 8.67. The monoisotopic (exact) mass is 484 g/mol. The van der Waals surface area contributed by atoms with Gasteiger partial charge in [0, 0.05) is 12.1 Å². The van der Waals surface area contributed by atoms with Crippen LogP contribution in [0.1, 0.15) is 54.4 Å². The highest BCUT2D eigenvalue weighted by Gasteiger charge is 2.39. The molecule has 1 aliphatic rings. The van der Waals surface area contributed by atoms with Crippen LogP contribution in [0.3, 0.4) is 0 Å². The molecule has 1 aromatic heterocycles. The lowest BCUT2D eigenvalue weighted by molar-refractivity contribution is -0.207. The van der Waals surface area contributed by atoms with Gasteiger partial charge in [-0.15, -0.1) is 0 Å². The Kier molecular flexibility index (Phi) is 7.61. The fourth-order valence-electron chi connectivity index (χ4n) is 3.95. The Morgan fingerprint density at radius 3 is 2.47 bits per heavy atom. The summed E-state index contributed by atoms with van der Waals surface area (Å²) in [5.41, 5.74) is -2.51. The van der Waals surface area contributed by atoms with E-state index in [1.54, 1.807) is 6.92 Å². The average molecular weight is 484 g/mol. The predicted octanol–water partition coefficient (Wildman–Crippen LogP) is 1.44. The highest BCUT2D eigenvalue weighted by Crippen LogP contribution is 2.26. The van der Waals surface area contributed by atoms with E-state index in [1.165, 1.54) is 18.2 Å². The van der Waals surface area contributed by atoms with Crippen molar-refractivity contribution in [2.45, 2.75) is 69.9 Å². The van der Waals surface area contributed by atoms with Crippen LogP contribution in [-0.2, 0) is 6.54 Å². The molecule has 1 aliphatic carbocycles. The molecule has 1 fully saturated rings. The smallest absolute Gasteiger partial charge is 0.388 e. The highest BCUT2D eigenvalue weighted by atomic mass is 19.4. The second-order valence-corrected chi connectivity index (χ2v) is 8.67. The molecule has 0 radical (unpaired) electrons. The number of carbonyl (C=O) groups excluding carboxylic acids is 1. The molecule has 0 saturated heterocycles. The largest absolute Gasteiger partial charge is 0.416 e. The summed E-state index contributed by atoms with van der Waals surface area (Å²) in [6.45, 7) is 0.436. The molecule has 3 N–H and O–H groups in total. The Labute approximate surface area is 192 Å². The molecule has 2 aromatic rings. The van der Waals surface area contributed by atoms with Gasteiger partial charge in [-0.25, -0.2) is 4.79 Å². The molecule has 34 heavy (non-hydrogen) atoms. The van der Waals surface area contributed by atoms with Gasteiger partial charge >= 0.3 is 11.9 Å². The maximum atomic E-state index is 12.8. The normalized spacial score (nSPS) is 17.1. The molecule has 1 unspecified atom stereocenters. The van der Waals surface area contributed by atoms with Crippen LogP contribution in [0.25, 0.3) is 5.69 Å². The summed E-state index contributed by atoms with van der Waals surface area (Å²) in [4.78, 5) is 37.4. The quantitative estimate of drug-likeness (QED) is 0.533. The topological polar surface area (TPSA) is 126 Å². The lowest BCUT2D eigenvalue weighted by atomic mass is 9.94. The van der Waals surface area contributed by atoms with Crippen molar-refractivity contribution < 1.29 is 28.2 Å². The fourth-order valence-corrected chi connectivity index (χ4v) is 3.95. The average Bonchev–Trinajstić information content (AvgIpc) is 2.99. The minimum Gasteiger partial charge on any atom is -0.388 e. The van der Waals surface area contributed by atoms with Crippen molar-refractivity contribution in [2.75, 3.05) is 6.54 Å². The molecule has 12 heteroatoms. The first kappa shape index (κ1) is 25.6. The number of hydrogen-bond donors (Lipinski definition) is 3. The third-order valence-corrected chi connectivity index (χ3v) is 6.02. The van der Waals surface area contributed by atoms with Crippen LogP contribution in [0.15, 0.2) is 34.0 Å². The molecule has 1 heterocycles. The molecule has 1 atom stereocenters. The number of aromatic nitrogens is 3. The number of rotatable bonds is 6. The minimum atomic E-state index is -5.02. The number of nitrogens with zero attached hydrogens (tertiary/aromatic N) is 3. The highest BCUT2D eigenvalue weighted by molar-refractivity contribution is 5.96. The Balaban J connectivity index is 1.87. The number of carbonyl (C=O) groups is 1. The first-order valence-corrected chi connectivity index (χ1v) is 11.0. The molecule has 0 aliphatic heterocycles. The standard InChI is InChI=1S/C22H27F3N4O5/c1-14-6-7-15(10-16(14)19(32)26-13-21(34)8-4-2-3-5-9-21)29-20(33)28(18(31)11-27-29)12-17(30)22(23,24)25/h6-7,10-11,17,30,34H,2-5,8-9,12-13H2,1H3,(H,26,32). The molecule has 0 spiro atoms. The van der Waals surface area contributed by atoms with E-state index in [2.05, 4.69) is 10.4 Å². The molecular weight excluding hydrogens is 457 g/mol. The van der Waals surface area contributed by atoms with Gasteiger partial charge in [-0.05, 0) is 37.5 Å². The number of amides is 1. The first-order valence-electron chi connectivity index (χ1n) is 11.0. The van der Waals surface area contributed by atoms with Crippen LogP contribution in [0.2, 0.25) is 0 Å². The zero-order chi connectivity index (χ0) is 25.1. The Hall–Kier alpha value is -2.99. The number of benzene rings is 1. The Morgan fingerprint density at radius 1 is 1.21 bits per heavy atom. The van der Waals surface area contributed by atoms with Gasteiger partial charge < -0.3 is 15.5 Å². The summed E-state index contributed by atoms with van der Waals surface area (Å²) in [7, 11) is 0. The summed E-state index contributed by atoms with van der Waals surface area (Å²) < 4.78 is 39.0. The molecular formula is C22H27F3N4O5. The van der Waals surface area contributed by atoms with Crippen LogP contribution in [0.5, 0.6) is 0 Å². The molecule has 186 valence electrons. The first-order chi connectivity index (χ1) is 15.9. The summed E-state index contributed by atoms with van der Waals surface area (Å²) >= 11 is 0. The lowest BCUT2D eigenvalue weighted by Gasteiger charge is -2.27. The Morgan fingerprint density at radius 2 is 1.85 bits per heavy atom. The molecule has 0 bridgehead atoms. The van der Waals surface area contributed by atoms with Crippen LogP contribution in [0, 0.1) is 6.92 Å². The number of alkyl halides is 3. The molecule has 3 rings (SSSR count). The van der Waals surface area contributed by atoms with Crippen molar-refractivity contribution in [1.29, 1.82) is 0 Å². The molecule has 1 aromatic carbocycles. The van der Waals surface area contributed by atoms with Gasteiger partial charge in [-0.1, -0.05) is 31.7 Å². The fraction of sp³-hybridized carbons (Fsp3) is 0.545. The number of halogens is 3. The van der Waals surface area contributed by atoms with Crippen LogP contribution in [-0.4, -0.2) is 54.9 Å².